The van der Waals surface area contributed by atoms with Crippen LogP contribution in [0.5, 0.6) is 5.19 Å². The van der Waals surface area contributed by atoms with Crippen molar-refractivity contribution in [1.29, 1.82) is 0 Å². The normalized spacial score (nSPS) is 14.8. The maximum absolute atomic E-state index is 13.4. The Labute approximate surface area is 119 Å². The third kappa shape index (κ3) is 2.72. The van der Waals surface area contributed by atoms with Gasteiger partial charge in [-0.2, -0.15) is 0 Å². The number of likely N-dealkylation sites (tertiary alicyclic amines) is 1. The first-order chi connectivity index (χ1) is 9.72. The molecule has 0 saturated carbocycles. The van der Waals surface area contributed by atoms with Gasteiger partial charge in [0.1, 0.15) is 11.9 Å². The molecule has 1 aliphatic rings. The van der Waals surface area contributed by atoms with Gasteiger partial charge in [-0.25, -0.2) is 14.2 Å². The van der Waals surface area contributed by atoms with Crippen LogP contribution >= 0.6 is 11.3 Å². The summed E-state index contributed by atoms with van der Waals surface area (Å²) in [6.07, 6.45) is 1.62. The van der Waals surface area contributed by atoms with Crippen molar-refractivity contribution in [2.45, 2.75) is 6.10 Å². The molecule has 1 fully saturated rings. The zero-order valence-corrected chi connectivity index (χ0v) is 11.3. The molecule has 0 bridgehead atoms. The summed E-state index contributed by atoms with van der Waals surface area (Å²) in [7, 11) is 0. The van der Waals surface area contributed by atoms with Crippen molar-refractivity contribution in [2.75, 3.05) is 18.4 Å². The highest BCUT2D eigenvalue weighted by molar-refractivity contribution is 7.11. The number of nitrogens with zero attached hydrogens (tertiary/aromatic N) is 2. The summed E-state index contributed by atoms with van der Waals surface area (Å²) in [4.78, 5) is 17.4. The smallest absolute Gasteiger partial charge is 0.322 e. The third-order valence-corrected chi connectivity index (χ3v) is 3.59. The van der Waals surface area contributed by atoms with Crippen LogP contribution in [0.2, 0.25) is 0 Å². The van der Waals surface area contributed by atoms with Crippen molar-refractivity contribution in [3.8, 4) is 5.19 Å². The Morgan fingerprint density at radius 1 is 1.45 bits per heavy atom. The van der Waals surface area contributed by atoms with E-state index in [-0.39, 0.29) is 17.8 Å². The molecule has 2 aromatic rings. The summed E-state index contributed by atoms with van der Waals surface area (Å²) in [5.74, 6) is -0.447. The van der Waals surface area contributed by atoms with Crippen LogP contribution in [0.4, 0.5) is 14.9 Å². The number of rotatable bonds is 3. The number of anilines is 1. The van der Waals surface area contributed by atoms with Gasteiger partial charge in [-0.05, 0) is 12.1 Å². The van der Waals surface area contributed by atoms with Crippen molar-refractivity contribution in [3.05, 3.63) is 41.7 Å². The van der Waals surface area contributed by atoms with E-state index >= 15 is 0 Å². The van der Waals surface area contributed by atoms with Gasteiger partial charge in [0.15, 0.2) is 0 Å². The first-order valence-corrected chi connectivity index (χ1v) is 6.97. The highest BCUT2D eigenvalue weighted by atomic mass is 32.1. The molecule has 1 saturated heterocycles. The van der Waals surface area contributed by atoms with Gasteiger partial charge in [0.25, 0.3) is 5.19 Å². The minimum Gasteiger partial charge on any atom is -0.463 e. The molecule has 1 aromatic carbocycles. The monoisotopic (exact) mass is 293 g/mol. The molecule has 104 valence electrons. The van der Waals surface area contributed by atoms with Crippen molar-refractivity contribution in [1.82, 2.24) is 9.88 Å². The molecule has 7 heteroatoms. The van der Waals surface area contributed by atoms with E-state index in [1.54, 1.807) is 23.2 Å². The standard InChI is InChI=1S/C13H12FN3O2S/c14-10-3-1-2-4-11(10)16-12(18)17-7-9(8-17)19-13-15-5-6-20-13/h1-6,9H,7-8H2,(H,16,18). The van der Waals surface area contributed by atoms with Crippen LogP contribution in [0.1, 0.15) is 0 Å². The van der Waals surface area contributed by atoms with Gasteiger partial charge in [0.05, 0.1) is 18.8 Å². The minimum absolute atomic E-state index is 0.0486. The van der Waals surface area contributed by atoms with Gasteiger partial charge >= 0.3 is 6.03 Å². The largest absolute Gasteiger partial charge is 0.463 e. The molecule has 1 aliphatic heterocycles. The van der Waals surface area contributed by atoms with Crippen LogP contribution in [0.3, 0.4) is 0 Å². The number of benzene rings is 1. The fourth-order valence-corrected chi connectivity index (χ4v) is 2.40. The number of amides is 2. The van der Waals surface area contributed by atoms with Gasteiger partial charge in [-0.1, -0.05) is 23.5 Å². The molecule has 0 radical (unpaired) electrons. The summed E-state index contributed by atoms with van der Waals surface area (Å²) in [5, 5.41) is 4.97. The molecule has 0 atom stereocenters. The molecule has 0 spiro atoms. The predicted molar refractivity (Wildman–Crippen MR) is 73.5 cm³/mol. The molecule has 3 rings (SSSR count). The summed E-state index contributed by atoms with van der Waals surface area (Å²) < 4.78 is 19.0. The average molecular weight is 293 g/mol. The van der Waals surface area contributed by atoms with E-state index in [2.05, 4.69) is 10.3 Å². The van der Waals surface area contributed by atoms with Crippen LogP contribution in [0.25, 0.3) is 0 Å². The van der Waals surface area contributed by atoms with Crippen LogP contribution in [0, 0.1) is 5.82 Å². The Morgan fingerprint density at radius 3 is 2.95 bits per heavy atom. The van der Waals surface area contributed by atoms with Crippen LogP contribution < -0.4 is 10.1 Å². The van der Waals surface area contributed by atoms with Crippen molar-refractivity contribution in [3.63, 3.8) is 0 Å². The number of nitrogens with one attached hydrogen (secondary N) is 1. The first-order valence-electron chi connectivity index (χ1n) is 6.09. The van der Waals surface area contributed by atoms with Gasteiger partial charge in [-0.15, -0.1) is 0 Å². The predicted octanol–water partition coefficient (Wildman–Crippen LogP) is 2.58. The van der Waals surface area contributed by atoms with Gasteiger partial charge < -0.3 is 15.0 Å². The molecular weight excluding hydrogens is 281 g/mol. The van der Waals surface area contributed by atoms with Crippen molar-refractivity contribution >= 4 is 23.1 Å². The maximum Gasteiger partial charge on any atom is 0.322 e. The second-order valence-corrected chi connectivity index (χ2v) is 5.21. The number of carbonyl (C=O) groups excluding carboxylic acids is 1. The molecule has 5 nitrogen and oxygen atoms in total. The van der Waals surface area contributed by atoms with Crippen molar-refractivity contribution in [2.24, 2.45) is 0 Å². The number of halogens is 1. The molecule has 2 heterocycles. The summed E-state index contributed by atoms with van der Waals surface area (Å²) in [6.45, 7) is 0.944. The first kappa shape index (κ1) is 12.9. The summed E-state index contributed by atoms with van der Waals surface area (Å²) in [6, 6.07) is 5.75. The molecule has 0 unspecified atom stereocenters. The minimum atomic E-state index is -0.447. The topological polar surface area (TPSA) is 54.5 Å². The van der Waals surface area contributed by atoms with E-state index in [1.807, 2.05) is 5.38 Å². The zero-order valence-electron chi connectivity index (χ0n) is 10.5. The number of urea groups is 1. The van der Waals surface area contributed by atoms with Crippen LogP contribution in [0.15, 0.2) is 35.8 Å². The number of thiazole rings is 1. The van der Waals surface area contributed by atoms with E-state index in [1.165, 1.54) is 23.5 Å². The molecular formula is C13H12FN3O2S. The summed E-state index contributed by atoms with van der Waals surface area (Å²) >= 11 is 1.41. The zero-order chi connectivity index (χ0) is 13.9. The van der Waals surface area contributed by atoms with Gasteiger partial charge in [0.2, 0.25) is 0 Å². The Hall–Kier alpha value is -2.15. The fraction of sp³-hybridized carbons (Fsp3) is 0.231. The van der Waals surface area contributed by atoms with Crippen LogP contribution in [-0.4, -0.2) is 35.1 Å². The lowest BCUT2D eigenvalue weighted by Gasteiger charge is -2.38. The number of aromatic nitrogens is 1. The number of hydrogen-bond acceptors (Lipinski definition) is 4. The second-order valence-electron chi connectivity index (χ2n) is 4.35. The third-order valence-electron chi connectivity index (χ3n) is 2.93. The number of hydrogen-bond donors (Lipinski definition) is 1. The molecule has 2 amide bonds. The van der Waals surface area contributed by atoms with E-state index in [9.17, 15) is 9.18 Å². The Kier molecular flexibility index (Phi) is 3.51. The fourth-order valence-electron chi connectivity index (χ4n) is 1.85. The van der Waals surface area contributed by atoms with E-state index in [4.69, 9.17) is 4.74 Å². The lowest BCUT2D eigenvalue weighted by molar-refractivity contribution is 0.0491. The highest BCUT2D eigenvalue weighted by Crippen LogP contribution is 2.21. The van der Waals surface area contributed by atoms with E-state index in [0.717, 1.165) is 0 Å². The average Bonchev–Trinajstić information content (AvgIpc) is 2.89. The molecule has 0 aliphatic carbocycles. The second kappa shape index (κ2) is 5.46. The lowest BCUT2D eigenvalue weighted by atomic mass is 10.2. The number of para-hydroxylation sites is 1. The lowest BCUT2D eigenvalue weighted by Crippen LogP contribution is -2.57. The Morgan fingerprint density at radius 2 is 2.25 bits per heavy atom. The Balaban J connectivity index is 1.50. The Bertz CT molecular complexity index is 599. The van der Waals surface area contributed by atoms with Crippen molar-refractivity contribution < 1.29 is 13.9 Å². The number of carbonyl (C=O) groups is 1. The highest BCUT2D eigenvalue weighted by Gasteiger charge is 2.33. The number of ether oxygens (including phenoxy) is 1. The quantitative estimate of drug-likeness (QED) is 0.946. The maximum atomic E-state index is 13.4. The van der Waals surface area contributed by atoms with Gasteiger partial charge in [0, 0.05) is 11.6 Å². The summed E-state index contributed by atoms with van der Waals surface area (Å²) in [5.41, 5.74) is 0.182. The SMILES string of the molecule is O=C(Nc1ccccc1F)N1CC(Oc2nccs2)C1. The van der Waals surface area contributed by atoms with E-state index in [0.29, 0.717) is 18.3 Å². The van der Waals surface area contributed by atoms with Crippen LogP contribution in [-0.2, 0) is 0 Å². The molecule has 1 N–H and O–H groups in total. The molecule has 20 heavy (non-hydrogen) atoms. The van der Waals surface area contributed by atoms with Gasteiger partial charge in [-0.3, -0.25) is 0 Å². The van der Waals surface area contributed by atoms with E-state index < -0.39 is 5.82 Å². The molecule has 1 aromatic heterocycles.